The van der Waals surface area contributed by atoms with Gasteiger partial charge in [-0.2, -0.15) is 0 Å². The lowest BCUT2D eigenvalue weighted by Gasteiger charge is -2.36. The number of halogens is 3. The van der Waals surface area contributed by atoms with Crippen LogP contribution in [0.4, 0.5) is 13.2 Å². The minimum atomic E-state index is -4.68. The molecule has 1 aromatic rings. The molecule has 2 rings (SSSR count). The molecule has 1 fully saturated rings. The number of likely N-dealkylation sites (tertiary alicyclic amines) is 1. The van der Waals surface area contributed by atoms with E-state index in [9.17, 15) is 13.2 Å². The minimum absolute atomic E-state index is 0.0140. The van der Waals surface area contributed by atoms with Gasteiger partial charge in [-0.3, -0.25) is 4.90 Å². The first kappa shape index (κ1) is 14.1. The van der Waals surface area contributed by atoms with Gasteiger partial charge in [-0.15, -0.1) is 13.2 Å². The molecule has 6 heteroatoms. The van der Waals surface area contributed by atoms with Crippen LogP contribution in [0.15, 0.2) is 24.3 Å². The molecule has 106 valence electrons. The molecule has 2 unspecified atom stereocenters. The average Bonchev–Trinajstić information content (AvgIpc) is 2.31. The summed E-state index contributed by atoms with van der Waals surface area (Å²) in [7, 11) is 1.89. The number of hydrogen-bond acceptors (Lipinski definition) is 3. The van der Waals surface area contributed by atoms with E-state index in [1.54, 1.807) is 12.1 Å². The van der Waals surface area contributed by atoms with Gasteiger partial charge in [0.25, 0.3) is 0 Å². The van der Waals surface area contributed by atoms with Gasteiger partial charge < -0.3 is 10.5 Å². The number of nitrogens with zero attached hydrogens (tertiary/aromatic N) is 1. The van der Waals surface area contributed by atoms with Crippen LogP contribution in [0.3, 0.4) is 0 Å². The maximum Gasteiger partial charge on any atom is 0.573 e. The number of piperidine rings is 1. The number of rotatable bonds is 2. The smallest absolute Gasteiger partial charge is 0.405 e. The number of nitrogens with two attached hydrogens (primary N) is 1. The largest absolute Gasteiger partial charge is 0.573 e. The molecule has 19 heavy (non-hydrogen) atoms. The van der Waals surface area contributed by atoms with Gasteiger partial charge in [-0.1, -0.05) is 18.2 Å². The average molecular weight is 274 g/mol. The van der Waals surface area contributed by atoms with E-state index in [1.807, 2.05) is 11.9 Å². The molecule has 0 aromatic heterocycles. The van der Waals surface area contributed by atoms with Gasteiger partial charge in [-0.25, -0.2) is 0 Å². The van der Waals surface area contributed by atoms with E-state index < -0.39 is 6.36 Å². The second kappa shape index (κ2) is 5.38. The Hall–Kier alpha value is -1.27. The van der Waals surface area contributed by atoms with Crippen LogP contribution in [0.1, 0.15) is 24.4 Å². The normalized spacial score (nSPS) is 25.3. The van der Waals surface area contributed by atoms with E-state index in [-0.39, 0.29) is 17.8 Å². The molecule has 2 atom stereocenters. The molecular formula is C13H17F3N2O. The van der Waals surface area contributed by atoms with Crippen LogP contribution in [0.2, 0.25) is 0 Å². The maximum atomic E-state index is 12.4. The molecule has 3 nitrogen and oxygen atoms in total. The van der Waals surface area contributed by atoms with Crippen molar-refractivity contribution in [2.75, 3.05) is 13.6 Å². The quantitative estimate of drug-likeness (QED) is 0.901. The Bertz CT molecular complexity index is 436. The van der Waals surface area contributed by atoms with E-state index in [0.717, 1.165) is 13.0 Å². The van der Waals surface area contributed by atoms with E-state index in [1.165, 1.54) is 12.1 Å². The minimum Gasteiger partial charge on any atom is -0.405 e. The summed E-state index contributed by atoms with van der Waals surface area (Å²) in [5.41, 5.74) is 6.45. The second-order valence-corrected chi connectivity index (χ2v) is 4.87. The lowest BCUT2D eigenvalue weighted by molar-refractivity contribution is -0.275. The number of para-hydroxylation sites is 1. The van der Waals surface area contributed by atoms with Crippen LogP contribution in [0.25, 0.3) is 0 Å². The van der Waals surface area contributed by atoms with Crippen LogP contribution in [0, 0.1) is 0 Å². The summed E-state index contributed by atoms with van der Waals surface area (Å²) in [6.45, 7) is 0.770. The van der Waals surface area contributed by atoms with Gasteiger partial charge in [0, 0.05) is 17.6 Å². The molecule has 1 aliphatic rings. The first-order valence-electron chi connectivity index (χ1n) is 6.17. The van der Waals surface area contributed by atoms with Gasteiger partial charge in [0.15, 0.2) is 0 Å². The van der Waals surface area contributed by atoms with Crippen molar-refractivity contribution < 1.29 is 17.9 Å². The molecule has 0 saturated carbocycles. The summed E-state index contributed by atoms with van der Waals surface area (Å²) in [6, 6.07) is 6.14. The highest BCUT2D eigenvalue weighted by atomic mass is 19.4. The lowest BCUT2D eigenvalue weighted by atomic mass is 9.92. The number of alkyl halides is 3. The number of hydrogen-bond donors (Lipinski definition) is 1. The maximum absolute atomic E-state index is 12.4. The van der Waals surface area contributed by atoms with Crippen molar-refractivity contribution in [3.8, 4) is 5.75 Å². The van der Waals surface area contributed by atoms with Crippen molar-refractivity contribution in [3.05, 3.63) is 29.8 Å². The van der Waals surface area contributed by atoms with Crippen LogP contribution >= 0.6 is 0 Å². The van der Waals surface area contributed by atoms with E-state index in [2.05, 4.69) is 4.74 Å². The molecule has 0 aliphatic carbocycles. The summed E-state index contributed by atoms with van der Waals surface area (Å²) in [4.78, 5) is 2.02. The highest BCUT2D eigenvalue weighted by molar-refractivity contribution is 5.36. The Kier molecular flexibility index (Phi) is 4.01. The second-order valence-electron chi connectivity index (χ2n) is 4.87. The van der Waals surface area contributed by atoms with Crippen molar-refractivity contribution >= 4 is 0 Å². The molecule has 0 amide bonds. The summed E-state index contributed by atoms with van der Waals surface area (Å²) < 4.78 is 41.3. The van der Waals surface area contributed by atoms with Crippen molar-refractivity contribution in [1.29, 1.82) is 0 Å². The molecule has 0 radical (unpaired) electrons. The predicted octanol–water partition coefficient (Wildman–Crippen LogP) is 2.68. The van der Waals surface area contributed by atoms with Gasteiger partial charge in [0.05, 0.1) is 0 Å². The third-order valence-corrected chi connectivity index (χ3v) is 3.41. The molecule has 1 aromatic carbocycles. The molecular weight excluding hydrogens is 257 g/mol. The highest BCUT2D eigenvalue weighted by Gasteiger charge is 2.34. The Labute approximate surface area is 110 Å². The zero-order valence-corrected chi connectivity index (χ0v) is 10.7. The van der Waals surface area contributed by atoms with E-state index in [0.29, 0.717) is 12.0 Å². The van der Waals surface area contributed by atoms with Crippen molar-refractivity contribution in [3.63, 3.8) is 0 Å². The molecule has 0 spiro atoms. The Balaban J connectivity index is 2.28. The first-order valence-corrected chi connectivity index (χ1v) is 6.17. The van der Waals surface area contributed by atoms with Gasteiger partial charge in [0.1, 0.15) is 5.75 Å². The molecule has 1 aliphatic heterocycles. The number of ether oxygens (including phenoxy) is 1. The fourth-order valence-corrected chi connectivity index (χ4v) is 2.45. The van der Waals surface area contributed by atoms with Crippen molar-refractivity contribution in [2.45, 2.75) is 31.3 Å². The summed E-state index contributed by atoms with van der Waals surface area (Å²) in [5, 5.41) is 0. The van der Waals surface area contributed by atoms with Gasteiger partial charge >= 0.3 is 6.36 Å². The van der Waals surface area contributed by atoms with Crippen molar-refractivity contribution in [1.82, 2.24) is 4.90 Å². The third kappa shape index (κ3) is 3.61. The Morgan fingerprint density at radius 2 is 2.00 bits per heavy atom. The number of benzene rings is 1. The molecule has 0 bridgehead atoms. The van der Waals surface area contributed by atoms with Crippen LogP contribution < -0.4 is 10.5 Å². The van der Waals surface area contributed by atoms with Crippen molar-refractivity contribution in [2.24, 2.45) is 5.73 Å². The molecule has 2 N–H and O–H groups in total. The lowest BCUT2D eigenvalue weighted by Crippen LogP contribution is -2.40. The van der Waals surface area contributed by atoms with E-state index in [4.69, 9.17) is 5.73 Å². The summed E-state index contributed by atoms with van der Waals surface area (Å²) in [6.07, 6.45) is -3.19. The van der Waals surface area contributed by atoms with Crippen LogP contribution in [-0.4, -0.2) is 30.9 Å². The van der Waals surface area contributed by atoms with Gasteiger partial charge in [-0.05, 0) is 32.5 Å². The zero-order valence-electron chi connectivity index (χ0n) is 10.7. The first-order chi connectivity index (χ1) is 8.87. The summed E-state index contributed by atoms with van der Waals surface area (Å²) in [5.74, 6) is -0.138. The SMILES string of the molecule is CN1CCC(N)CC1c1ccccc1OC(F)(F)F. The van der Waals surface area contributed by atoms with Crippen LogP contribution in [0.5, 0.6) is 5.75 Å². The fourth-order valence-electron chi connectivity index (χ4n) is 2.45. The third-order valence-electron chi connectivity index (χ3n) is 3.41. The molecule has 1 heterocycles. The summed E-state index contributed by atoms with van der Waals surface area (Å²) >= 11 is 0. The standard InChI is InChI=1S/C13H17F3N2O/c1-18-7-6-9(17)8-11(18)10-4-2-3-5-12(10)19-13(14,15)16/h2-5,9,11H,6-8,17H2,1H3. The Morgan fingerprint density at radius 1 is 1.32 bits per heavy atom. The highest BCUT2D eigenvalue weighted by Crippen LogP contribution is 2.36. The molecule has 1 saturated heterocycles. The van der Waals surface area contributed by atoms with E-state index >= 15 is 0 Å². The zero-order chi connectivity index (χ0) is 14.0. The fraction of sp³-hybridized carbons (Fsp3) is 0.538. The predicted molar refractivity (Wildman–Crippen MR) is 65.7 cm³/mol. The van der Waals surface area contributed by atoms with Crippen LogP contribution in [-0.2, 0) is 0 Å². The van der Waals surface area contributed by atoms with Gasteiger partial charge in [0.2, 0.25) is 0 Å². The topological polar surface area (TPSA) is 38.5 Å². The monoisotopic (exact) mass is 274 g/mol. The Morgan fingerprint density at radius 3 is 2.68 bits per heavy atom.